The Morgan fingerprint density at radius 3 is 2.41 bits per heavy atom. The van der Waals surface area contributed by atoms with Gasteiger partial charge in [-0.2, -0.15) is 0 Å². The fraction of sp³-hybridized carbons (Fsp3) is 0.556. The Labute approximate surface area is 131 Å². The van der Waals surface area contributed by atoms with Gasteiger partial charge in [-0.25, -0.2) is 9.59 Å². The zero-order chi connectivity index (χ0) is 16.1. The minimum absolute atomic E-state index is 0.0232. The van der Waals surface area contributed by atoms with Gasteiger partial charge in [0.1, 0.15) is 6.10 Å². The van der Waals surface area contributed by atoms with E-state index in [1.54, 1.807) is 25.1 Å². The third-order valence-electron chi connectivity index (χ3n) is 4.43. The first kappa shape index (κ1) is 16.5. The summed E-state index contributed by atoms with van der Waals surface area (Å²) in [7, 11) is 0. The number of carbonyl (C=O) groups excluding carboxylic acids is 2. The van der Waals surface area contributed by atoms with Gasteiger partial charge in [-0.15, -0.1) is 0 Å². The van der Waals surface area contributed by atoms with Gasteiger partial charge in [0.05, 0.1) is 17.7 Å². The smallest absolute Gasteiger partial charge is 0.338 e. The third kappa shape index (κ3) is 4.09. The lowest BCUT2D eigenvalue weighted by atomic mass is 9.80. The second-order valence-corrected chi connectivity index (χ2v) is 6.10. The van der Waals surface area contributed by atoms with E-state index in [1.807, 2.05) is 0 Å². The van der Waals surface area contributed by atoms with Gasteiger partial charge < -0.3 is 9.47 Å². The van der Waals surface area contributed by atoms with Crippen molar-refractivity contribution in [3.05, 3.63) is 35.4 Å². The van der Waals surface area contributed by atoms with Gasteiger partial charge in [0.15, 0.2) is 0 Å². The van der Waals surface area contributed by atoms with Crippen LogP contribution in [-0.2, 0) is 9.47 Å². The molecule has 0 N–H and O–H groups in total. The molecule has 0 bridgehead atoms. The summed E-state index contributed by atoms with van der Waals surface area (Å²) >= 11 is 0. The zero-order valence-electron chi connectivity index (χ0n) is 13.5. The highest BCUT2D eigenvalue weighted by molar-refractivity contribution is 5.95. The lowest BCUT2D eigenvalue weighted by molar-refractivity contribution is 0.00878. The summed E-state index contributed by atoms with van der Waals surface area (Å²) in [5, 5.41) is 0. The molecule has 2 rings (SSSR count). The standard InChI is InChI=1S/C18H24O4/c1-4-21-17(19)14-6-5-7-15(11-14)18(20)22-16-9-8-12(2)13(3)10-16/h5-7,11-13,16H,4,8-10H2,1-3H3. The molecule has 4 heteroatoms. The van der Waals surface area contributed by atoms with E-state index in [4.69, 9.17) is 9.47 Å². The molecule has 3 atom stereocenters. The predicted molar refractivity (Wildman–Crippen MR) is 83.8 cm³/mol. The Bertz CT molecular complexity index is 538. The molecule has 1 saturated carbocycles. The molecule has 1 aliphatic rings. The van der Waals surface area contributed by atoms with Gasteiger partial charge in [-0.1, -0.05) is 19.9 Å². The Morgan fingerprint density at radius 2 is 1.77 bits per heavy atom. The van der Waals surface area contributed by atoms with Gasteiger partial charge >= 0.3 is 11.9 Å². The van der Waals surface area contributed by atoms with E-state index < -0.39 is 5.97 Å². The largest absolute Gasteiger partial charge is 0.462 e. The summed E-state index contributed by atoms with van der Waals surface area (Å²) in [6, 6.07) is 6.52. The molecule has 0 aromatic heterocycles. The normalized spacial score (nSPS) is 24.6. The van der Waals surface area contributed by atoms with Crippen LogP contribution >= 0.6 is 0 Å². The molecular weight excluding hydrogens is 280 g/mol. The Balaban J connectivity index is 2.01. The summed E-state index contributed by atoms with van der Waals surface area (Å²) in [6.45, 7) is 6.50. The average molecular weight is 304 g/mol. The maximum Gasteiger partial charge on any atom is 0.338 e. The Kier molecular flexibility index (Phi) is 5.58. The van der Waals surface area contributed by atoms with E-state index in [0.717, 1.165) is 19.3 Å². The molecule has 0 saturated heterocycles. The Morgan fingerprint density at radius 1 is 1.09 bits per heavy atom. The van der Waals surface area contributed by atoms with Crippen LogP contribution in [0.5, 0.6) is 0 Å². The van der Waals surface area contributed by atoms with E-state index in [1.165, 1.54) is 6.07 Å². The number of hydrogen-bond acceptors (Lipinski definition) is 4. The van der Waals surface area contributed by atoms with Crippen LogP contribution in [-0.4, -0.2) is 24.6 Å². The van der Waals surface area contributed by atoms with Crippen LogP contribution in [0.3, 0.4) is 0 Å². The van der Waals surface area contributed by atoms with E-state index >= 15 is 0 Å². The van der Waals surface area contributed by atoms with Gasteiger partial charge in [-0.05, 0) is 56.2 Å². The molecule has 0 spiro atoms. The van der Waals surface area contributed by atoms with Gasteiger partial charge in [0.25, 0.3) is 0 Å². The number of benzene rings is 1. The molecule has 1 aromatic carbocycles. The van der Waals surface area contributed by atoms with E-state index in [9.17, 15) is 9.59 Å². The number of ether oxygens (including phenoxy) is 2. The molecule has 1 fully saturated rings. The van der Waals surface area contributed by atoms with Crippen molar-refractivity contribution in [2.75, 3.05) is 6.61 Å². The van der Waals surface area contributed by atoms with Crippen molar-refractivity contribution in [3.8, 4) is 0 Å². The topological polar surface area (TPSA) is 52.6 Å². The molecule has 1 aliphatic carbocycles. The maximum atomic E-state index is 12.3. The van der Waals surface area contributed by atoms with Crippen LogP contribution in [0.25, 0.3) is 0 Å². The van der Waals surface area contributed by atoms with Gasteiger partial charge in [0.2, 0.25) is 0 Å². The highest BCUT2D eigenvalue weighted by atomic mass is 16.5. The van der Waals surface area contributed by atoms with E-state index in [2.05, 4.69) is 13.8 Å². The molecule has 3 unspecified atom stereocenters. The first-order chi connectivity index (χ1) is 10.5. The van der Waals surface area contributed by atoms with Crippen LogP contribution in [0.15, 0.2) is 24.3 Å². The van der Waals surface area contributed by atoms with Crippen molar-refractivity contribution in [1.29, 1.82) is 0 Å². The monoisotopic (exact) mass is 304 g/mol. The quantitative estimate of drug-likeness (QED) is 0.793. The van der Waals surface area contributed by atoms with E-state index in [-0.39, 0.29) is 12.1 Å². The summed E-state index contributed by atoms with van der Waals surface area (Å²) in [6.07, 6.45) is 2.88. The molecule has 1 aromatic rings. The SMILES string of the molecule is CCOC(=O)c1cccc(C(=O)OC2CCC(C)C(C)C2)c1. The van der Waals surface area contributed by atoms with Crippen LogP contribution < -0.4 is 0 Å². The minimum Gasteiger partial charge on any atom is -0.462 e. The molecule has 0 amide bonds. The van der Waals surface area contributed by atoms with Crippen molar-refractivity contribution in [2.45, 2.75) is 46.1 Å². The van der Waals surface area contributed by atoms with Crippen LogP contribution in [0.1, 0.15) is 60.7 Å². The molecule has 0 radical (unpaired) electrons. The number of hydrogen-bond donors (Lipinski definition) is 0. The van der Waals surface area contributed by atoms with Crippen LogP contribution in [0.2, 0.25) is 0 Å². The maximum absolute atomic E-state index is 12.3. The zero-order valence-corrected chi connectivity index (χ0v) is 13.5. The Hall–Kier alpha value is -1.84. The van der Waals surface area contributed by atoms with Crippen LogP contribution in [0, 0.1) is 11.8 Å². The second kappa shape index (κ2) is 7.43. The lowest BCUT2D eigenvalue weighted by Gasteiger charge is -2.31. The fourth-order valence-electron chi connectivity index (χ4n) is 2.81. The fourth-order valence-corrected chi connectivity index (χ4v) is 2.81. The highest BCUT2D eigenvalue weighted by Gasteiger charge is 2.27. The second-order valence-electron chi connectivity index (χ2n) is 6.10. The number of carbonyl (C=O) groups is 2. The summed E-state index contributed by atoms with van der Waals surface area (Å²) < 4.78 is 10.5. The summed E-state index contributed by atoms with van der Waals surface area (Å²) in [5.74, 6) is 0.467. The third-order valence-corrected chi connectivity index (χ3v) is 4.43. The molecule has 0 heterocycles. The first-order valence-electron chi connectivity index (χ1n) is 7.99. The van der Waals surface area contributed by atoms with E-state index in [0.29, 0.717) is 29.6 Å². The molecule has 4 nitrogen and oxygen atoms in total. The molecule has 120 valence electrons. The van der Waals surface area contributed by atoms with Crippen molar-refractivity contribution < 1.29 is 19.1 Å². The number of esters is 2. The predicted octanol–water partition coefficient (Wildman–Crippen LogP) is 3.84. The van der Waals surface area contributed by atoms with Crippen molar-refractivity contribution >= 4 is 11.9 Å². The molecule has 22 heavy (non-hydrogen) atoms. The van der Waals surface area contributed by atoms with Crippen LogP contribution in [0.4, 0.5) is 0 Å². The lowest BCUT2D eigenvalue weighted by Crippen LogP contribution is -2.28. The average Bonchev–Trinajstić information content (AvgIpc) is 2.51. The highest BCUT2D eigenvalue weighted by Crippen LogP contribution is 2.31. The minimum atomic E-state index is -0.419. The van der Waals surface area contributed by atoms with Crippen molar-refractivity contribution in [3.63, 3.8) is 0 Å². The van der Waals surface area contributed by atoms with Crippen molar-refractivity contribution in [1.82, 2.24) is 0 Å². The van der Waals surface area contributed by atoms with Gasteiger partial charge in [-0.3, -0.25) is 0 Å². The number of rotatable bonds is 4. The van der Waals surface area contributed by atoms with Crippen molar-refractivity contribution in [2.24, 2.45) is 11.8 Å². The molecule has 0 aliphatic heterocycles. The summed E-state index contributed by atoms with van der Waals surface area (Å²) in [4.78, 5) is 24.0. The summed E-state index contributed by atoms with van der Waals surface area (Å²) in [5.41, 5.74) is 0.777. The molecular formula is C18H24O4. The van der Waals surface area contributed by atoms with Gasteiger partial charge in [0, 0.05) is 0 Å². The first-order valence-corrected chi connectivity index (χ1v) is 7.99.